The van der Waals surface area contributed by atoms with Gasteiger partial charge in [0.25, 0.3) is 5.91 Å². The van der Waals surface area contributed by atoms with Crippen LogP contribution < -0.4 is 5.43 Å². The van der Waals surface area contributed by atoms with Crippen molar-refractivity contribution in [2.75, 3.05) is 26.2 Å². The summed E-state index contributed by atoms with van der Waals surface area (Å²) in [6.45, 7) is 10.5. The van der Waals surface area contributed by atoms with Crippen molar-refractivity contribution in [2.45, 2.75) is 32.9 Å². The zero-order chi connectivity index (χ0) is 23.8. The molecule has 3 aromatic rings. The Bertz CT molecular complexity index is 1070. The van der Waals surface area contributed by atoms with E-state index in [1.165, 1.54) is 16.7 Å². The molecule has 5 heteroatoms. The summed E-state index contributed by atoms with van der Waals surface area (Å²) in [5.41, 5.74) is 8.09. The van der Waals surface area contributed by atoms with E-state index in [9.17, 15) is 4.79 Å². The first-order chi connectivity index (χ1) is 16.6. The van der Waals surface area contributed by atoms with Gasteiger partial charge in [-0.3, -0.25) is 14.6 Å². The summed E-state index contributed by atoms with van der Waals surface area (Å²) >= 11 is 0. The molecule has 0 spiro atoms. The zero-order valence-corrected chi connectivity index (χ0v) is 20.2. The first-order valence-electron chi connectivity index (χ1n) is 12.1. The number of piperazine rings is 1. The standard InChI is InChI=1S/C29H34N4O/c1-23(2)27-12-8-24(9-13-27)20-30-31-29(34)28-14-10-26(11-15-28)22-33-18-16-32(17-19-33)21-25-6-4-3-5-7-25/h3-15,20,23H,16-19,21-22H2,1-2H3,(H,31,34)/b30-20-. The van der Waals surface area contributed by atoms with Crippen molar-refractivity contribution in [1.82, 2.24) is 15.2 Å². The number of amides is 1. The van der Waals surface area contributed by atoms with E-state index in [0.717, 1.165) is 44.8 Å². The molecular weight excluding hydrogens is 420 g/mol. The van der Waals surface area contributed by atoms with Crippen LogP contribution in [0, 0.1) is 0 Å². The van der Waals surface area contributed by atoms with Crippen molar-refractivity contribution in [3.63, 3.8) is 0 Å². The maximum atomic E-state index is 12.4. The number of nitrogens with one attached hydrogen (secondary N) is 1. The summed E-state index contributed by atoms with van der Waals surface area (Å²) in [5.74, 6) is 0.300. The number of carbonyl (C=O) groups is 1. The Morgan fingerprint density at radius 1 is 0.824 bits per heavy atom. The van der Waals surface area contributed by atoms with Crippen molar-refractivity contribution < 1.29 is 4.79 Å². The third kappa shape index (κ3) is 6.86. The predicted octanol–water partition coefficient (Wildman–Crippen LogP) is 4.89. The van der Waals surface area contributed by atoms with Crippen LogP contribution in [0.4, 0.5) is 0 Å². The second-order valence-electron chi connectivity index (χ2n) is 9.26. The van der Waals surface area contributed by atoms with E-state index >= 15 is 0 Å². The van der Waals surface area contributed by atoms with Crippen LogP contribution in [0.25, 0.3) is 0 Å². The van der Waals surface area contributed by atoms with Gasteiger partial charge in [-0.1, -0.05) is 80.6 Å². The fourth-order valence-corrected chi connectivity index (χ4v) is 4.16. The molecule has 1 aliphatic rings. The number of benzene rings is 3. The maximum Gasteiger partial charge on any atom is 0.271 e. The molecule has 4 rings (SSSR count). The molecule has 1 heterocycles. The van der Waals surface area contributed by atoms with Crippen LogP contribution in [0.1, 0.15) is 52.4 Å². The van der Waals surface area contributed by atoms with E-state index in [1.54, 1.807) is 6.21 Å². The van der Waals surface area contributed by atoms with Crippen LogP contribution in [0.2, 0.25) is 0 Å². The number of hydrogen-bond acceptors (Lipinski definition) is 4. The summed E-state index contributed by atoms with van der Waals surface area (Å²) < 4.78 is 0. The van der Waals surface area contributed by atoms with Gasteiger partial charge < -0.3 is 0 Å². The van der Waals surface area contributed by atoms with Crippen LogP contribution in [0.5, 0.6) is 0 Å². The minimum Gasteiger partial charge on any atom is -0.297 e. The number of hydrazone groups is 1. The minimum absolute atomic E-state index is 0.198. The fraction of sp³-hybridized carbons (Fsp3) is 0.310. The lowest BCUT2D eigenvalue weighted by Gasteiger charge is -2.34. The Morgan fingerprint density at radius 3 is 1.94 bits per heavy atom. The number of nitrogens with zero attached hydrogens (tertiary/aromatic N) is 3. The third-order valence-electron chi connectivity index (χ3n) is 6.32. The molecule has 5 nitrogen and oxygen atoms in total. The molecule has 1 aliphatic heterocycles. The highest BCUT2D eigenvalue weighted by Gasteiger charge is 2.17. The van der Waals surface area contributed by atoms with E-state index in [-0.39, 0.29) is 5.91 Å². The highest BCUT2D eigenvalue weighted by Crippen LogP contribution is 2.14. The van der Waals surface area contributed by atoms with Gasteiger partial charge in [0.15, 0.2) is 0 Å². The fourth-order valence-electron chi connectivity index (χ4n) is 4.16. The Hall–Kier alpha value is -3.28. The molecule has 0 aromatic heterocycles. The summed E-state index contributed by atoms with van der Waals surface area (Å²) in [6.07, 6.45) is 1.67. The van der Waals surface area contributed by atoms with E-state index in [1.807, 2.05) is 36.4 Å². The summed E-state index contributed by atoms with van der Waals surface area (Å²) in [5, 5.41) is 4.11. The summed E-state index contributed by atoms with van der Waals surface area (Å²) in [4.78, 5) is 17.4. The molecule has 0 unspecified atom stereocenters. The summed E-state index contributed by atoms with van der Waals surface area (Å²) in [7, 11) is 0. The monoisotopic (exact) mass is 454 g/mol. The topological polar surface area (TPSA) is 47.9 Å². The van der Waals surface area contributed by atoms with Gasteiger partial charge in [-0.05, 0) is 40.3 Å². The minimum atomic E-state index is -0.198. The normalized spacial score (nSPS) is 15.1. The molecule has 176 valence electrons. The van der Waals surface area contributed by atoms with Crippen LogP contribution in [0.3, 0.4) is 0 Å². The molecule has 0 bridgehead atoms. The first-order valence-corrected chi connectivity index (χ1v) is 12.1. The SMILES string of the molecule is CC(C)c1ccc(/C=N\NC(=O)c2ccc(CN3CCN(Cc4ccccc4)CC3)cc2)cc1. The van der Waals surface area contributed by atoms with Crippen molar-refractivity contribution >= 4 is 12.1 Å². The number of hydrogen-bond donors (Lipinski definition) is 1. The van der Waals surface area contributed by atoms with Gasteiger partial charge in [0.1, 0.15) is 0 Å². The largest absolute Gasteiger partial charge is 0.297 e. The lowest BCUT2D eigenvalue weighted by atomic mass is 10.0. The smallest absolute Gasteiger partial charge is 0.271 e. The zero-order valence-electron chi connectivity index (χ0n) is 20.2. The van der Waals surface area contributed by atoms with E-state index < -0.39 is 0 Å². The van der Waals surface area contributed by atoms with Gasteiger partial charge in [-0.15, -0.1) is 0 Å². The summed E-state index contributed by atoms with van der Waals surface area (Å²) in [6, 6.07) is 26.7. The second kappa shape index (κ2) is 11.7. The quantitative estimate of drug-likeness (QED) is 0.389. The molecule has 1 amide bonds. The van der Waals surface area contributed by atoms with Crippen LogP contribution in [-0.2, 0) is 13.1 Å². The van der Waals surface area contributed by atoms with Crippen molar-refractivity contribution in [2.24, 2.45) is 5.10 Å². The van der Waals surface area contributed by atoms with Crippen molar-refractivity contribution in [3.8, 4) is 0 Å². The molecule has 1 N–H and O–H groups in total. The van der Waals surface area contributed by atoms with Gasteiger partial charge in [0.05, 0.1) is 6.21 Å². The van der Waals surface area contributed by atoms with Gasteiger partial charge in [0.2, 0.25) is 0 Å². The lowest BCUT2D eigenvalue weighted by molar-refractivity contribution is 0.0955. The number of carbonyl (C=O) groups excluding carboxylic acids is 1. The average Bonchev–Trinajstić information content (AvgIpc) is 2.86. The molecule has 3 aromatic carbocycles. The molecular formula is C29H34N4O. The van der Waals surface area contributed by atoms with Gasteiger partial charge in [-0.25, -0.2) is 5.43 Å². The van der Waals surface area contributed by atoms with Crippen LogP contribution in [0.15, 0.2) is 84.0 Å². The van der Waals surface area contributed by atoms with Gasteiger partial charge >= 0.3 is 0 Å². The van der Waals surface area contributed by atoms with E-state index in [4.69, 9.17) is 0 Å². The maximum absolute atomic E-state index is 12.4. The second-order valence-corrected chi connectivity index (χ2v) is 9.26. The lowest BCUT2D eigenvalue weighted by Crippen LogP contribution is -2.45. The predicted molar refractivity (Wildman–Crippen MR) is 139 cm³/mol. The van der Waals surface area contributed by atoms with E-state index in [0.29, 0.717) is 11.5 Å². The Labute approximate surface area is 203 Å². The van der Waals surface area contributed by atoms with Gasteiger partial charge in [0, 0.05) is 44.8 Å². The Morgan fingerprint density at radius 2 is 1.38 bits per heavy atom. The van der Waals surface area contributed by atoms with Crippen molar-refractivity contribution in [1.29, 1.82) is 0 Å². The molecule has 0 radical (unpaired) electrons. The van der Waals surface area contributed by atoms with Crippen molar-refractivity contribution in [3.05, 3.63) is 107 Å². The first kappa shape index (κ1) is 23.9. The van der Waals surface area contributed by atoms with E-state index in [2.05, 4.69) is 76.6 Å². The Kier molecular flexibility index (Phi) is 8.23. The van der Waals surface area contributed by atoms with Crippen LogP contribution in [-0.4, -0.2) is 48.1 Å². The average molecular weight is 455 g/mol. The molecule has 0 atom stereocenters. The molecule has 1 saturated heterocycles. The molecule has 0 saturated carbocycles. The highest BCUT2D eigenvalue weighted by molar-refractivity contribution is 5.94. The highest BCUT2D eigenvalue weighted by atomic mass is 16.2. The Balaban J connectivity index is 1.22. The molecule has 0 aliphatic carbocycles. The molecule has 1 fully saturated rings. The van der Waals surface area contributed by atoms with Crippen LogP contribution >= 0.6 is 0 Å². The third-order valence-corrected chi connectivity index (χ3v) is 6.32. The van der Waals surface area contributed by atoms with Gasteiger partial charge in [-0.2, -0.15) is 5.10 Å². The number of rotatable bonds is 8. The molecule has 34 heavy (non-hydrogen) atoms.